The molecule has 0 atom stereocenters. The van der Waals surface area contributed by atoms with Crippen molar-refractivity contribution in [1.82, 2.24) is 25.1 Å². The zero-order valence-corrected chi connectivity index (χ0v) is 11.3. The smallest absolute Gasteiger partial charge is 0.342 e. The second-order valence-corrected chi connectivity index (χ2v) is 4.94. The highest BCUT2D eigenvalue weighted by atomic mass is 35.5. The van der Waals surface area contributed by atoms with Crippen LogP contribution in [0.1, 0.15) is 18.5 Å². The number of ether oxygens (including phenoxy) is 1. The van der Waals surface area contributed by atoms with Crippen molar-refractivity contribution in [2.24, 2.45) is 7.05 Å². The lowest BCUT2D eigenvalue weighted by molar-refractivity contribution is 0.420. The number of aromatic nitrogens is 4. The number of aryl methyl sites for hydroxylation is 1. The van der Waals surface area contributed by atoms with Gasteiger partial charge in [-0.2, -0.15) is 4.98 Å². The predicted octanol–water partition coefficient (Wildman–Crippen LogP) is 1.91. The topological polar surface area (TPSA) is 64.9 Å². The van der Waals surface area contributed by atoms with Gasteiger partial charge in [-0.05, 0) is 18.9 Å². The Morgan fingerprint density at radius 3 is 3.00 bits per heavy atom. The summed E-state index contributed by atoms with van der Waals surface area (Å²) < 4.78 is 7.05. The molecule has 3 rings (SSSR count). The normalized spacial score (nSPS) is 14.6. The van der Waals surface area contributed by atoms with Gasteiger partial charge in [-0.1, -0.05) is 11.6 Å². The Morgan fingerprint density at radius 2 is 2.32 bits per heavy atom. The SMILES string of the molecule is Cn1cnc(Oc2ccc(Cl)c(CNC3CC3)n2)n1. The van der Waals surface area contributed by atoms with Crippen LogP contribution in [0.4, 0.5) is 0 Å². The second kappa shape index (κ2) is 5.14. The van der Waals surface area contributed by atoms with Gasteiger partial charge in [0, 0.05) is 25.7 Å². The minimum atomic E-state index is 0.276. The Labute approximate surface area is 115 Å². The van der Waals surface area contributed by atoms with E-state index in [0.29, 0.717) is 23.5 Å². The summed E-state index contributed by atoms with van der Waals surface area (Å²) in [5, 5.41) is 8.04. The summed E-state index contributed by atoms with van der Waals surface area (Å²) in [4.78, 5) is 8.36. The van der Waals surface area contributed by atoms with Crippen molar-refractivity contribution in [2.45, 2.75) is 25.4 Å². The lowest BCUT2D eigenvalue weighted by Gasteiger charge is -2.07. The first-order valence-corrected chi connectivity index (χ1v) is 6.51. The van der Waals surface area contributed by atoms with Crippen LogP contribution in [-0.2, 0) is 13.6 Å². The summed E-state index contributed by atoms with van der Waals surface area (Å²) in [5.74, 6) is 0.447. The van der Waals surface area contributed by atoms with E-state index in [4.69, 9.17) is 16.3 Å². The van der Waals surface area contributed by atoms with Crippen LogP contribution in [0.15, 0.2) is 18.5 Å². The van der Waals surface area contributed by atoms with Crippen LogP contribution in [0.2, 0.25) is 5.02 Å². The molecular weight excluding hydrogens is 266 g/mol. The largest absolute Gasteiger partial charge is 0.404 e. The van der Waals surface area contributed by atoms with Crippen LogP contribution >= 0.6 is 11.6 Å². The molecule has 1 N–H and O–H groups in total. The minimum absolute atomic E-state index is 0.276. The molecule has 2 aromatic rings. The molecule has 1 aliphatic rings. The maximum atomic E-state index is 6.11. The molecule has 0 amide bonds. The Hall–Kier alpha value is -1.66. The van der Waals surface area contributed by atoms with Gasteiger partial charge in [0.25, 0.3) is 0 Å². The molecule has 7 heteroatoms. The number of hydrogen-bond acceptors (Lipinski definition) is 5. The van der Waals surface area contributed by atoms with E-state index >= 15 is 0 Å². The van der Waals surface area contributed by atoms with Crippen LogP contribution in [0.25, 0.3) is 0 Å². The fraction of sp³-hybridized carbons (Fsp3) is 0.417. The molecule has 0 spiro atoms. The summed E-state index contributed by atoms with van der Waals surface area (Å²) >= 11 is 6.11. The molecule has 0 aliphatic heterocycles. The van der Waals surface area contributed by atoms with Gasteiger partial charge in [-0.25, -0.2) is 4.98 Å². The molecular formula is C12H14ClN5O. The highest BCUT2D eigenvalue weighted by Crippen LogP contribution is 2.23. The highest BCUT2D eigenvalue weighted by Gasteiger charge is 2.20. The lowest BCUT2D eigenvalue weighted by Crippen LogP contribution is -2.16. The van der Waals surface area contributed by atoms with Crippen molar-refractivity contribution in [1.29, 1.82) is 0 Å². The van der Waals surface area contributed by atoms with Gasteiger partial charge in [0.1, 0.15) is 6.33 Å². The summed E-state index contributed by atoms with van der Waals surface area (Å²) in [7, 11) is 1.78. The van der Waals surface area contributed by atoms with E-state index in [1.54, 1.807) is 30.2 Å². The fourth-order valence-corrected chi connectivity index (χ4v) is 1.81. The van der Waals surface area contributed by atoms with Crippen molar-refractivity contribution in [3.8, 4) is 11.9 Å². The van der Waals surface area contributed by atoms with Crippen molar-refractivity contribution >= 4 is 11.6 Å². The monoisotopic (exact) mass is 279 g/mol. The van der Waals surface area contributed by atoms with Crippen molar-refractivity contribution in [3.63, 3.8) is 0 Å². The summed E-state index contributed by atoms with van der Waals surface area (Å²) in [6, 6.07) is 4.37. The van der Waals surface area contributed by atoms with Crippen molar-refractivity contribution in [3.05, 3.63) is 29.2 Å². The van der Waals surface area contributed by atoms with Gasteiger partial charge in [0.2, 0.25) is 5.88 Å². The van der Waals surface area contributed by atoms with E-state index in [-0.39, 0.29) is 6.01 Å². The van der Waals surface area contributed by atoms with E-state index in [0.717, 1.165) is 5.69 Å². The van der Waals surface area contributed by atoms with Gasteiger partial charge in [0.15, 0.2) is 0 Å². The zero-order valence-electron chi connectivity index (χ0n) is 10.5. The first kappa shape index (κ1) is 12.4. The number of rotatable bonds is 5. The first-order valence-electron chi connectivity index (χ1n) is 6.13. The van der Waals surface area contributed by atoms with E-state index in [1.807, 2.05) is 0 Å². The number of halogens is 1. The molecule has 0 bridgehead atoms. The third-order valence-electron chi connectivity index (χ3n) is 2.80. The molecule has 2 heterocycles. The molecule has 1 saturated carbocycles. The summed E-state index contributed by atoms with van der Waals surface area (Å²) in [6.07, 6.45) is 4.03. The van der Waals surface area contributed by atoms with E-state index in [2.05, 4.69) is 20.4 Å². The average molecular weight is 280 g/mol. The molecule has 1 aliphatic carbocycles. The van der Waals surface area contributed by atoms with E-state index < -0.39 is 0 Å². The number of pyridine rings is 1. The average Bonchev–Trinajstić information content (AvgIpc) is 3.13. The minimum Gasteiger partial charge on any atom is -0.404 e. The van der Waals surface area contributed by atoms with E-state index in [9.17, 15) is 0 Å². The highest BCUT2D eigenvalue weighted by molar-refractivity contribution is 6.31. The predicted molar refractivity (Wildman–Crippen MR) is 70.2 cm³/mol. The van der Waals surface area contributed by atoms with Crippen molar-refractivity contribution in [2.75, 3.05) is 0 Å². The molecule has 0 unspecified atom stereocenters. The van der Waals surface area contributed by atoms with Crippen LogP contribution in [0.3, 0.4) is 0 Å². The summed E-state index contributed by atoms with van der Waals surface area (Å²) in [6.45, 7) is 0.649. The third-order valence-corrected chi connectivity index (χ3v) is 3.15. The molecule has 2 aromatic heterocycles. The molecule has 0 saturated heterocycles. The molecule has 0 aromatic carbocycles. The maximum absolute atomic E-state index is 6.11. The second-order valence-electron chi connectivity index (χ2n) is 4.54. The molecule has 1 fully saturated rings. The van der Waals surface area contributed by atoms with Gasteiger partial charge in [-0.15, -0.1) is 5.10 Å². The first-order chi connectivity index (χ1) is 9.20. The van der Waals surface area contributed by atoms with Gasteiger partial charge in [-0.3, -0.25) is 4.68 Å². The van der Waals surface area contributed by atoms with E-state index in [1.165, 1.54) is 12.8 Å². The molecule has 19 heavy (non-hydrogen) atoms. The van der Waals surface area contributed by atoms with Crippen molar-refractivity contribution < 1.29 is 4.74 Å². The van der Waals surface area contributed by atoms with Crippen LogP contribution in [0.5, 0.6) is 11.9 Å². The van der Waals surface area contributed by atoms with Gasteiger partial charge < -0.3 is 10.1 Å². The fourth-order valence-electron chi connectivity index (χ4n) is 1.63. The molecule has 100 valence electrons. The number of nitrogens with one attached hydrogen (secondary N) is 1. The Morgan fingerprint density at radius 1 is 1.47 bits per heavy atom. The third kappa shape index (κ3) is 3.21. The summed E-state index contributed by atoms with van der Waals surface area (Å²) in [5.41, 5.74) is 0.780. The van der Waals surface area contributed by atoms with Gasteiger partial charge in [0.05, 0.1) is 10.7 Å². The quantitative estimate of drug-likeness (QED) is 0.906. The molecule has 6 nitrogen and oxygen atoms in total. The van der Waals surface area contributed by atoms with Crippen LogP contribution in [-0.4, -0.2) is 25.8 Å². The number of nitrogens with zero attached hydrogens (tertiary/aromatic N) is 4. The standard InChI is InChI=1S/C12H14ClN5O/c1-18-7-15-12(17-18)19-11-5-4-9(13)10(16-11)6-14-8-2-3-8/h4-5,7-8,14H,2-3,6H2,1H3. The van der Waals surface area contributed by atoms with Crippen LogP contribution in [0, 0.1) is 0 Å². The zero-order chi connectivity index (χ0) is 13.2. The number of hydrogen-bond donors (Lipinski definition) is 1. The Kier molecular flexibility index (Phi) is 3.35. The maximum Gasteiger partial charge on any atom is 0.342 e. The lowest BCUT2D eigenvalue weighted by atomic mass is 10.3. The Balaban J connectivity index is 1.72. The van der Waals surface area contributed by atoms with Gasteiger partial charge >= 0.3 is 6.01 Å². The van der Waals surface area contributed by atoms with Crippen LogP contribution < -0.4 is 10.1 Å². The Bertz CT molecular complexity index is 581. The molecule has 0 radical (unpaired) electrons.